The summed E-state index contributed by atoms with van der Waals surface area (Å²) in [5.41, 5.74) is -1.06. The minimum absolute atomic E-state index is 0.206. The topological polar surface area (TPSA) is 60.8 Å². The van der Waals surface area contributed by atoms with Gasteiger partial charge in [0.25, 0.3) is 5.91 Å². The fraction of sp³-hybridized carbons (Fsp3) is 0.857. The monoisotopic (exact) mass is 157 g/mol. The number of amides is 1. The van der Waals surface area contributed by atoms with Gasteiger partial charge in [-0.05, 0) is 12.8 Å². The molecule has 2 aliphatic rings. The Balaban J connectivity index is 1.91. The van der Waals surface area contributed by atoms with Crippen molar-refractivity contribution in [2.24, 2.45) is 0 Å². The number of aliphatic hydroxyl groups is 2. The molecule has 4 nitrogen and oxygen atoms in total. The highest BCUT2D eigenvalue weighted by Gasteiger charge is 2.52. The lowest BCUT2D eigenvalue weighted by Gasteiger charge is -2.37. The van der Waals surface area contributed by atoms with Gasteiger partial charge in [0, 0.05) is 13.1 Å². The smallest absolute Gasteiger partial charge is 0.254 e. The molecule has 0 aromatic rings. The summed E-state index contributed by atoms with van der Waals surface area (Å²) in [4.78, 5) is 12.7. The Hall–Kier alpha value is -0.610. The van der Waals surface area contributed by atoms with Crippen molar-refractivity contribution in [2.75, 3.05) is 13.1 Å². The van der Waals surface area contributed by atoms with Crippen LogP contribution >= 0.6 is 0 Å². The first-order valence-electron chi connectivity index (χ1n) is 3.82. The van der Waals surface area contributed by atoms with Gasteiger partial charge in [0.1, 0.15) is 5.60 Å². The number of carbonyl (C=O) groups excluding carboxylic acids is 1. The molecule has 0 aromatic heterocycles. The van der Waals surface area contributed by atoms with E-state index in [1.165, 1.54) is 4.90 Å². The second-order valence-electron chi connectivity index (χ2n) is 3.40. The van der Waals surface area contributed by atoms with Crippen molar-refractivity contribution in [1.29, 1.82) is 0 Å². The molecule has 0 aromatic carbocycles. The van der Waals surface area contributed by atoms with Crippen LogP contribution in [0.25, 0.3) is 0 Å². The summed E-state index contributed by atoms with van der Waals surface area (Å²) in [6, 6.07) is 0. The fourth-order valence-corrected chi connectivity index (χ4v) is 1.25. The Morgan fingerprint density at radius 2 is 2.00 bits per heavy atom. The van der Waals surface area contributed by atoms with Gasteiger partial charge in [-0.2, -0.15) is 0 Å². The van der Waals surface area contributed by atoms with E-state index >= 15 is 0 Å². The molecule has 1 aliphatic heterocycles. The third-order valence-electron chi connectivity index (χ3n) is 2.27. The molecule has 0 bridgehead atoms. The van der Waals surface area contributed by atoms with Crippen LogP contribution in [0.5, 0.6) is 0 Å². The van der Waals surface area contributed by atoms with Crippen LogP contribution < -0.4 is 0 Å². The Morgan fingerprint density at radius 1 is 1.45 bits per heavy atom. The summed E-state index contributed by atoms with van der Waals surface area (Å²) in [6.45, 7) is 0.780. The summed E-state index contributed by atoms with van der Waals surface area (Å²) in [6.07, 6.45) is 0.790. The molecule has 1 heterocycles. The predicted octanol–water partition coefficient (Wildman–Crippen LogP) is -1.29. The van der Waals surface area contributed by atoms with E-state index in [-0.39, 0.29) is 12.0 Å². The number of hydrogen-bond donors (Lipinski definition) is 2. The molecule has 2 rings (SSSR count). The lowest BCUT2D eigenvalue weighted by atomic mass is 10.1. The summed E-state index contributed by atoms with van der Waals surface area (Å²) >= 11 is 0. The maximum atomic E-state index is 11.2. The van der Waals surface area contributed by atoms with Crippen LogP contribution in [0, 0.1) is 0 Å². The van der Waals surface area contributed by atoms with E-state index in [0.29, 0.717) is 25.9 Å². The molecule has 2 fully saturated rings. The summed E-state index contributed by atoms with van der Waals surface area (Å²) in [5, 5.41) is 18.2. The number of nitrogens with zero attached hydrogens (tertiary/aromatic N) is 1. The average Bonchev–Trinajstić information content (AvgIpc) is 2.61. The molecular formula is C7H11NO3. The maximum Gasteiger partial charge on any atom is 0.254 e. The van der Waals surface area contributed by atoms with E-state index < -0.39 is 5.60 Å². The summed E-state index contributed by atoms with van der Waals surface area (Å²) in [5.74, 6) is -0.206. The lowest BCUT2D eigenvalue weighted by molar-refractivity contribution is -0.152. The first-order chi connectivity index (χ1) is 5.12. The van der Waals surface area contributed by atoms with Crippen molar-refractivity contribution in [3.63, 3.8) is 0 Å². The van der Waals surface area contributed by atoms with Crippen molar-refractivity contribution in [3.8, 4) is 0 Å². The highest BCUT2D eigenvalue weighted by Crippen LogP contribution is 2.37. The van der Waals surface area contributed by atoms with Gasteiger partial charge in [0.2, 0.25) is 0 Å². The van der Waals surface area contributed by atoms with Gasteiger partial charge in [0.05, 0.1) is 6.10 Å². The van der Waals surface area contributed by atoms with E-state index in [2.05, 4.69) is 0 Å². The van der Waals surface area contributed by atoms with Crippen LogP contribution in [0.4, 0.5) is 0 Å². The largest absolute Gasteiger partial charge is 0.389 e. The van der Waals surface area contributed by atoms with E-state index in [9.17, 15) is 9.90 Å². The number of likely N-dealkylation sites (tertiary alicyclic amines) is 1. The van der Waals surface area contributed by atoms with Crippen molar-refractivity contribution < 1.29 is 15.0 Å². The normalized spacial score (nSPS) is 28.0. The number of hydrogen-bond acceptors (Lipinski definition) is 3. The van der Waals surface area contributed by atoms with Crippen molar-refractivity contribution in [3.05, 3.63) is 0 Å². The van der Waals surface area contributed by atoms with E-state index in [4.69, 9.17) is 5.11 Å². The lowest BCUT2D eigenvalue weighted by Crippen LogP contribution is -2.57. The summed E-state index contributed by atoms with van der Waals surface area (Å²) in [7, 11) is 0. The van der Waals surface area contributed by atoms with E-state index in [0.717, 1.165) is 0 Å². The number of aliphatic hydroxyl groups excluding tert-OH is 1. The Morgan fingerprint density at radius 3 is 2.36 bits per heavy atom. The highest BCUT2D eigenvalue weighted by molar-refractivity contribution is 5.88. The molecule has 0 radical (unpaired) electrons. The second-order valence-corrected chi connectivity index (χ2v) is 3.40. The van der Waals surface area contributed by atoms with Gasteiger partial charge < -0.3 is 15.1 Å². The van der Waals surface area contributed by atoms with E-state index in [1.807, 2.05) is 0 Å². The quantitative estimate of drug-likeness (QED) is 0.498. The SMILES string of the molecule is O=C(N1CC(O)C1)C1(O)CC1. The van der Waals surface area contributed by atoms with Gasteiger partial charge in [-0.3, -0.25) is 4.79 Å². The third-order valence-corrected chi connectivity index (χ3v) is 2.27. The van der Waals surface area contributed by atoms with Gasteiger partial charge >= 0.3 is 0 Å². The van der Waals surface area contributed by atoms with Crippen molar-refractivity contribution >= 4 is 5.91 Å². The predicted molar refractivity (Wildman–Crippen MR) is 36.8 cm³/mol. The standard InChI is InChI=1S/C7H11NO3/c9-5-3-8(4-5)6(10)7(11)1-2-7/h5,9,11H,1-4H2. The zero-order valence-electron chi connectivity index (χ0n) is 6.16. The molecule has 1 amide bonds. The zero-order valence-corrected chi connectivity index (χ0v) is 6.16. The molecule has 11 heavy (non-hydrogen) atoms. The van der Waals surface area contributed by atoms with Crippen LogP contribution in [0.3, 0.4) is 0 Å². The zero-order chi connectivity index (χ0) is 8.06. The maximum absolute atomic E-state index is 11.2. The molecule has 1 saturated heterocycles. The molecule has 2 N–H and O–H groups in total. The fourth-order valence-electron chi connectivity index (χ4n) is 1.25. The molecule has 0 unspecified atom stereocenters. The molecule has 0 spiro atoms. The van der Waals surface area contributed by atoms with Crippen LogP contribution in [-0.4, -0.2) is 45.8 Å². The Kier molecular flexibility index (Phi) is 1.25. The Bertz CT molecular complexity index is 194. The molecule has 4 heteroatoms. The van der Waals surface area contributed by atoms with Crippen LogP contribution in [0.1, 0.15) is 12.8 Å². The molecule has 62 valence electrons. The van der Waals surface area contributed by atoms with Crippen LogP contribution in [-0.2, 0) is 4.79 Å². The first-order valence-corrected chi connectivity index (χ1v) is 3.82. The van der Waals surface area contributed by atoms with Crippen molar-refractivity contribution in [2.45, 2.75) is 24.5 Å². The molecule has 1 aliphatic carbocycles. The number of rotatable bonds is 1. The van der Waals surface area contributed by atoms with Gasteiger partial charge in [-0.1, -0.05) is 0 Å². The van der Waals surface area contributed by atoms with E-state index in [1.54, 1.807) is 0 Å². The number of carbonyl (C=O) groups is 1. The minimum Gasteiger partial charge on any atom is -0.389 e. The second kappa shape index (κ2) is 1.95. The van der Waals surface area contributed by atoms with Gasteiger partial charge in [-0.15, -0.1) is 0 Å². The number of β-amino-alcohol motifs (C(OH)–C–C–N with tert-alkyl or cyclic N) is 1. The van der Waals surface area contributed by atoms with Crippen LogP contribution in [0.15, 0.2) is 0 Å². The van der Waals surface area contributed by atoms with Crippen molar-refractivity contribution in [1.82, 2.24) is 4.90 Å². The molecular weight excluding hydrogens is 146 g/mol. The molecule has 0 atom stereocenters. The summed E-state index contributed by atoms with van der Waals surface area (Å²) < 4.78 is 0. The minimum atomic E-state index is -1.06. The molecule has 1 saturated carbocycles. The van der Waals surface area contributed by atoms with Crippen LogP contribution in [0.2, 0.25) is 0 Å². The first kappa shape index (κ1) is 7.06. The van der Waals surface area contributed by atoms with Gasteiger partial charge in [0.15, 0.2) is 0 Å². The van der Waals surface area contributed by atoms with Gasteiger partial charge in [-0.25, -0.2) is 0 Å². The average molecular weight is 157 g/mol. The third kappa shape index (κ3) is 1.02. The Labute approximate surface area is 64.4 Å². The highest BCUT2D eigenvalue weighted by atomic mass is 16.3.